The average molecular weight is 262 g/mol. The lowest BCUT2D eigenvalue weighted by Gasteiger charge is -2.04. The maximum Gasteiger partial charge on any atom is 0.373 e. The topological polar surface area (TPSA) is 68.9 Å². The number of methoxy groups -OCH3 is 1. The molecule has 1 aromatic heterocycles. The molecule has 1 N–H and O–H groups in total. The van der Waals surface area contributed by atoms with Gasteiger partial charge < -0.3 is 19.0 Å². The van der Waals surface area contributed by atoms with Gasteiger partial charge in [0.05, 0.1) is 13.7 Å². The Balaban J connectivity index is 1.94. The first-order chi connectivity index (χ1) is 9.22. The highest BCUT2D eigenvalue weighted by atomic mass is 16.5. The van der Waals surface area contributed by atoms with Gasteiger partial charge >= 0.3 is 5.97 Å². The van der Waals surface area contributed by atoms with Crippen LogP contribution in [0.25, 0.3) is 0 Å². The van der Waals surface area contributed by atoms with E-state index in [1.807, 2.05) is 0 Å². The Kier molecular flexibility index (Phi) is 4.20. The second kappa shape index (κ2) is 6.06. The zero-order chi connectivity index (χ0) is 13.7. The molecule has 0 bridgehead atoms. The predicted molar refractivity (Wildman–Crippen MR) is 66.7 cm³/mol. The summed E-state index contributed by atoms with van der Waals surface area (Å²) in [6, 6.07) is 10.3. The minimum absolute atomic E-state index is 0.000946. The third-order valence-corrected chi connectivity index (χ3v) is 2.54. The van der Waals surface area contributed by atoms with E-state index < -0.39 is 5.97 Å². The van der Waals surface area contributed by atoms with E-state index in [2.05, 4.69) is 4.74 Å². The number of rotatable bonds is 5. The highest BCUT2D eigenvalue weighted by Crippen LogP contribution is 2.16. The molecule has 0 radical (unpaired) electrons. The second-order valence-corrected chi connectivity index (χ2v) is 3.85. The van der Waals surface area contributed by atoms with Gasteiger partial charge in [0.15, 0.2) is 0 Å². The summed E-state index contributed by atoms with van der Waals surface area (Å²) in [5, 5.41) is 8.91. The number of aliphatic hydroxyl groups is 1. The molecule has 0 spiro atoms. The van der Waals surface area contributed by atoms with Crippen molar-refractivity contribution in [3.63, 3.8) is 0 Å². The maximum atomic E-state index is 11.2. The van der Waals surface area contributed by atoms with Gasteiger partial charge in [0, 0.05) is 0 Å². The summed E-state index contributed by atoms with van der Waals surface area (Å²) in [6.07, 6.45) is 0. The number of carbonyl (C=O) groups excluding carboxylic acids is 1. The molecule has 5 nitrogen and oxygen atoms in total. The van der Waals surface area contributed by atoms with Crippen LogP contribution in [-0.4, -0.2) is 18.2 Å². The Hall–Kier alpha value is -2.27. The van der Waals surface area contributed by atoms with Crippen LogP contribution in [0.5, 0.6) is 5.75 Å². The third kappa shape index (κ3) is 3.35. The van der Waals surface area contributed by atoms with Crippen LogP contribution in [0, 0.1) is 0 Å². The van der Waals surface area contributed by atoms with Crippen LogP contribution in [0.2, 0.25) is 0 Å². The maximum absolute atomic E-state index is 11.2. The Bertz CT molecular complexity index is 541. The number of carbonyl (C=O) groups is 1. The number of ether oxygens (including phenoxy) is 2. The third-order valence-electron chi connectivity index (χ3n) is 2.54. The number of furan rings is 1. The van der Waals surface area contributed by atoms with Crippen molar-refractivity contribution in [2.24, 2.45) is 0 Å². The van der Waals surface area contributed by atoms with Gasteiger partial charge in [-0.05, 0) is 29.8 Å². The fraction of sp³-hybridized carbons (Fsp3) is 0.214. The monoisotopic (exact) mass is 262 g/mol. The highest BCUT2D eigenvalue weighted by molar-refractivity contribution is 5.86. The largest absolute Gasteiger partial charge is 0.486 e. The van der Waals surface area contributed by atoms with Crippen LogP contribution in [-0.2, 0) is 18.0 Å². The number of hydrogen-bond acceptors (Lipinski definition) is 5. The van der Waals surface area contributed by atoms with Gasteiger partial charge in [-0.1, -0.05) is 12.1 Å². The van der Waals surface area contributed by atoms with E-state index in [0.29, 0.717) is 11.5 Å². The van der Waals surface area contributed by atoms with E-state index in [1.54, 1.807) is 36.4 Å². The number of hydrogen-bond donors (Lipinski definition) is 1. The zero-order valence-corrected chi connectivity index (χ0v) is 10.5. The minimum atomic E-state index is -0.515. The van der Waals surface area contributed by atoms with Crippen LogP contribution in [0.4, 0.5) is 0 Å². The minimum Gasteiger partial charge on any atom is -0.486 e. The molecule has 0 aliphatic heterocycles. The Morgan fingerprint density at radius 3 is 2.58 bits per heavy atom. The van der Waals surface area contributed by atoms with Crippen LogP contribution in [0.1, 0.15) is 21.9 Å². The van der Waals surface area contributed by atoms with Gasteiger partial charge in [-0.3, -0.25) is 0 Å². The molecule has 2 rings (SSSR count). The van der Waals surface area contributed by atoms with Crippen LogP contribution in [0.3, 0.4) is 0 Å². The molecular weight excluding hydrogens is 248 g/mol. The molecule has 0 amide bonds. The van der Waals surface area contributed by atoms with Crippen molar-refractivity contribution >= 4 is 5.97 Å². The van der Waals surface area contributed by atoms with E-state index in [9.17, 15) is 4.79 Å². The van der Waals surface area contributed by atoms with E-state index in [4.69, 9.17) is 14.3 Å². The second-order valence-electron chi connectivity index (χ2n) is 3.85. The SMILES string of the molecule is COC(=O)c1ccc(COc2ccc(CO)cc2)o1. The van der Waals surface area contributed by atoms with Crippen molar-refractivity contribution < 1.29 is 23.8 Å². The van der Waals surface area contributed by atoms with Crippen molar-refractivity contribution in [3.05, 3.63) is 53.5 Å². The summed E-state index contributed by atoms with van der Waals surface area (Å²) < 4.78 is 15.3. The zero-order valence-electron chi connectivity index (χ0n) is 10.5. The molecule has 19 heavy (non-hydrogen) atoms. The molecule has 0 saturated heterocycles. The van der Waals surface area contributed by atoms with Crippen molar-refractivity contribution in [1.29, 1.82) is 0 Å². The standard InChI is InChI=1S/C14H14O5/c1-17-14(16)13-7-6-12(19-13)9-18-11-4-2-10(8-15)3-5-11/h2-7,15H,8-9H2,1H3. The van der Waals surface area contributed by atoms with E-state index in [0.717, 1.165) is 5.56 Å². The first kappa shape index (κ1) is 13.2. The molecule has 0 atom stereocenters. The predicted octanol–water partition coefficient (Wildman–Crippen LogP) is 2.14. The molecule has 0 saturated carbocycles. The number of benzene rings is 1. The molecule has 2 aromatic rings. The van der Waals surface area contributed by atoms with Crippen molar-refractivity contribution in [3.8, 4) is 5.75 Å². The first-order valence-electron chi connectivity index (χ1n) is 5.72. The molecule has 1 aromatic carbocycles. The first-order valence-corrected chi connectivity index (χ1v) is 5.72. The van der Waals surface area contributed by atoms with E-state index in [-0.39, 0.29) is 19.0 Å². The molecule has 0 unspecified atom stereocenters. The molecule has 0 fully saturated rings. The van der Waals surface area contributed by atoms with Gasteiger partial charge in [-0.15, -0.1) is 0 Å². The van der Waals surface area contributed by atoms with Crippen molar-refractivity contribution in [2.75, 3.05) is 7.11 Å². The molecule has 5 heteroatoms. The smallest absolute Gasteiger partial charge is 0.373 e. The van der Waals surface area contributed by atoms with E-state index >= 15 is 0 Å². The summed E-state index contributed by atoms with van der Waals surface area (Å²) in [5.74, 6) is 0.829. The highest BCUT2D eigenvalue weighted by Gasteiger charge is 2.11. The number of esters is 1. The summed E-state index contributed by atoms with van der Waals surface area (Å²) in [5.41, 5.74) is 0.818. The summed E-state index contributed by atoms with van der Waals surface area (Å²) in [6.45, 7) is 0.219. The molecular formula is C14H14O5. The van der Waals surface area contributed by atoms with Gasteiger partial charge in [0.25, 0.3) is 0 Å². The van der Waals surface area contributed by atoms with Crippen LogP contribution < -0.4 is 4.74 Å². The fourth-order valence-corrected chi connectivity index (χ4v) is 1.51. The van der Waals surface area contributed by atoms with Crippen LogP contribution >= 0.6 is 0 Å². The van der Waals surface area contributed by atoms with Crippen molar-refractivity contribution in [1.82, 2.24) is 0 Å². The fourth-order valence-electron chi connectivity index (χ4n) is 1.51. The summed E-state index contributed by atoms with van der Waals surface area (Å²) in [4.78, 5) is 11.2. The summed E-state index contributed by atoms with van der Waals surface area (Å²) in [7, 11) is 1.30. The van der Waals surface area contributed by atoms with Crippen molar-refractivity contribution in [2.45, 2.75) is 13.2 Å². The van der Waals surface area contributed by atoms with Gasteiger partial charge in [-0.2, -0.15) is 0 Å². The molecule has 0 aliphatic carbocycles. The lowest BCUT2D eigenvalue weighted by Crippen LogP contribution is -1.99. The molecule has 0 aliphatic rings. The summed E-state index contributed by atoms with van der Waals surface area (Å²) >= 11 is 0. The Morgan fingerprint density at radius 2 is 1.95 bits per heavy atom. The lowest BCUT2D eigenvalue weighted by molar-refractivity contribution is 0.0561. The van der Waals surface area contributed by atoms with Gasteiger partial charge in [0.1, 0.15) is 18.1 Å². The average Bonchev–Trinajstić information content (AvgIpc) is 2.93. The Morgan fingerprint density at radius 1 is 1.21 bits per heavy atom. The Labute approximate surface area is 110 Å². The molecule has 100 valence electrons. The van der Waals surface area contributed by atoms with Gasteiger partial charge in [-0.25, -0.2) is 4.79 Å². The molecule has 1 heterocycles. The quantitative estimate of drug-likeness (QED) is 0.836. The lowest BCUT2D eigenvalue weighted by atomic mass is 10.2. The van der Waals surface area contributed by atoms with E-state index in [1.165, 1.54) is 7.11 Å². The van der Waals surface area contributed by atoms with Crippen LogP contribution in [0.15, 0.2) is 40.8 Å². The normalized spacial score (nSPS) is 10.2. The van der Waals surface area contributed by atoms with Gasteiger partial charge in [0.2, 0.25) is 5.76 Å². The number of aliphatic hydroxyl groups excluding tert-OH is 1.